The molecular weight excluding hydrogens is 460 g/mol. The molecule has 1 heterocycles. The van der Waals surface area contributed by atoms with Crippen molar-refractivity contribution in [1.29, 1.82) is 0 Å². The molecule has 0 radical (unpaired) electrons. The van der Waals surface area contributed by atoms with Gasteiger partial charge >= 0.3 is 0 Å². The fraction of sp³-hybridized carbons (Fsp3) is 0.722. The Hall–Kier alpha value is -1.70. The first-order valence-electron chi connectivity index (χ1n) is 16.7. The average Bonchev–Trinajstić information content (AvgIpc) is 2.96. The molecule has 0 spiro atoms. The molecule has 2 heteroatoms. The van der Waals surface area contributed by atoms with E-state index in [1.165, 1.54) is 146 Å². The second-order valence-electron chi connectivity index (χ2n) is 12.3. The zero-order chi connectivity index (χ0) is 26.7. The summed E-state index contributed by atoms with van der Waals surface area (Å²) in [4.78, 5) is 9.35. The largest absolute Gasteiger partial charge is 0.236 e. The number of hydrogen-bond donors (Lipinski definition) is 0. The van der Waals surface area contributed by atoms with Gasteiger partial charge in [0.2, 0.25) is 0 Å². The highest BCUT2D eigenvalue weighted by Crippen LogP contribution is 2.34. The van der Waals surface area contributed by atoms with E-state index in [0.29, 0.717) is 0 Å². The average molecular weight is 519 g/mol. The summed E-state index contributed by atoms with van der Waals surface area (Å²) >= 11 is 0. The molecule has 1 aromatic heterocycles. The second kappa shape index (κ2) is 19.4. The van der Waals surface area contributed by atoms with E-state index in [1.807, 2.05) is 12.4 Å². The molecule has 0 aliphatic heterocycles. The minimum Gasteiger partial charge on any atom is -0.236 e. The van der Waals surface area contributed by atoms with Crippen molar-refractivity contribution in [3.05, 3.63) is 47.8 Å². The fourth-order valence-corrected chi connectivity index (χ4v) is 6.35. The van der Waals surface area contributed by atoms with Gasteiger partial charge in [-0.15, -0.1) is 0 Å². The monoisotopic (exact) mass is 518 g/mol. The smallest absolute Gasteiger partial charge is 0.159 e. The lowest BCUT2D eigenvalue weighted by molar-refractivity contribution is 0.245. The van der Waals surface area contributed by atoms with Gasteiger partial charge in [-0.1, -0.05) is 154 Å². The Labute approximate surface area is 235 Å². The summed E-state index contributed by atoms with van der Waals surface area (Å²) in [6, 6.07) is 9.00. The zero-order valence-electron chi connectivity index (χ0n) is 25.1. The molecule has 0 saturated heterocycles. The van der Waals surface area contributed by atoms with Crippen molar-refractivity contribution in [2.45, 2.75) is 155 Å². The Bertz CT molecular complexity index is 817. The van der Waals surface area contributed by atoms with Gasteiger partial charge in [0.25, 0.3) is 0 Å². The molecule has 212 valence electrons. The van der Waals surface area contributed by atoms with Crippen LogP contribution < -0.4 is 0 Å². The van der Waals surface area contributed by atoms with Gasteiger partial charge in [0, 0.05) is 18.0 Å². The summed E-state index contributed by atoms with van der Waals surface area (Å²) in [5, 5.41) is 0. The van der Waals surface area contributed by atoms with Gasteiger partial charge < -0.3 is 0 Å². The number of unbranched alkanes of at least 4 members (excludes halogenated alkanes) is 11. The Balaban J connectivity index is 1.25. The SMILES string of the molecule is CCCCCCCCCCCc1cnc(-c2ccc(CCCCC3CCC(CCCCC)CC3)cc2)nc1. The van der Waals surface area contributed by atoms with E-state index in [2.05, 4.69) is 48.1 Å². The number of hydrogen-bond acceptors (Lipinski definition) is 2. The van der Waals surface area contributed by atoms with Crippen molar-refractivity contribution in [1.82, 2.24) is 9.97 Å². The van der Waals surface area contributed by atoms with E-state index < -0.39 is 0 Å². The molecule has 1 aliphatic carbocycles. The van der Waals surface area contributed by atoms with E-state index >= 15 is 0 Å². The minimum atomic E-state index is 0.859. The zero-order valence-corrected chi connectivity index (χ0v) is 25.1. The topological polar surface area (TPSA) is 25.8 Å². The standard InChI is InChI=1S/C36H58N2/c1-3-5-7-8-9-10-11-12-14-20-34-29-37-36(38-30-34)35-27-25-33(26-28-35)19-16-15-18-32-23-21-31(22-24-32)17-13-6-4-2/h25-32H,3-24H2,1-2H3. The van der Waals surface area contributed by atoms with Gasteiger partial charge in [-0.3, -0.25) is 0 Å². The highest BCUT2D eigenvalue weighted by Gasteiger charge is 2.20. The van der Waals surface area contributed by atoms with Crippen LogP contribution in [0.3, 0.4) is 0 Å². The number of nitrogens with zero attached hydrogens (tertiary/aromatic N) is 2. The van der Waals surface area contributed by atoms with Crippen LogP contribution in [0, 0.1) is 11.8 Å². The third-order valence-corrected chi connectivity index (χ3v) is 9.00. The summed E-state index contributed by atoms with van der Waals surface area (Å²) in [7, 11) is 0. The quantitative estimate of drug-likeness (QED) is 0.163. The first-order chi connectivity index (χ1) is 18.8. The van der Waals surface area contributed by atoms with Crippen LogP contribution >= 0.6 is 0 Å². The molecule has 0 N–H and O–H groups in total. The van der Waals surface area contributed by atoms with Crippen molar-refractivity contribution in [2.75, 3.05) is 0 Å². The first-order valence-corrected chi connectivity index (χ1v) is 16.7. The predicted molar refractivity (Wildman–Crippen MR) is 166 cm³/mol. The van der Waals surface area contributed by atoms with E-state index in [-0.39, 0.29) is 0 Å². The maximum absolute atomic E-state index is 4.68. The molecule has 0 unspecified atom stereocenters. The Morgan fingerprint density at radius 2 is 0.974 bits per heavy atom. The maximum Gasteiger partial charge on any atom is 0.159 e. The van der Waals surface area contributed by atoms with Crippen LogP contribution in [0.1, 0.15) is 153 Å². The van der Waals surface area contributed by atoms with Gasteiger partial charge in [0.05, 0.1) is 0 Å². The van der Waals surface area contributed by atoms with Gasteiger partial charge in [-0.05, 0) is 48.6 Å². The normalized spacial score (nSPS) is 17.6. The van der Waals surface area contributed by atoms with E-state index in [0.717, 1.165) is 29.6 Å². The van der Waals surface area contributed by atoms with Crippen LogP contribution in [-0.2, 0) is 12.8 Å². The van der Waals surface area contributed by atoms with Gasteiger partial charge in [-0.25, -0.2) is 9.97 Å². The number of rotatable bonds is 20. The third kappa shape index (κ3) is 12.4. The van der Waals surface area contributed by atoms with Crippen LogP contribution in [0.25, 0.3) is 11.4 Å². The summed E-state index contributed by atoms with van der Waals surface area (Å²) in [6.45, 7) is 4.60. The molecule has 2 nitrogen and oxygen atoms in total. The van der Waals surface area contributed by atoms with E-state index in [9.17, 15) is 0 Å². The van der Waals surface area contributed by atoms with E-state index in [1.54, 1.807) is 0 Å². The van der Waals surface area contributed by atoms with E-state index in [4.69, 9.17) is 0 Å². The van der Waals surface area contributed by atoms with Crippen molar-refractivity contribution in [3.63, 3.8) is 0 Å². The molecule has 0 bridgehead atoms. The Kier molecular flexibility index (Phi) is 15.7. The molecule has 1 aliphatic rings. The second-order valence-corrected chi connectivity index (χ2v) is 12.3. The van der Waals surface area contributed by atoms with Crippen molar-refractivity contribution >= 4 is 0 Å². The summed E-state index contributed by atoms with van der Waals surface area (Å²) in [6.07, 6.45) is 34.6. The molecule has 0 amide bonds. The summed E-state index contributed by atoms with van der Waals surface area (Å²) in [5.41, 5.74) is 3.87. The van der Waals surface area contributed by atoms with Gasteiger partial charge in [0.15, 0.2) is 5.82 Å². The molecule has 2 aromatic rings. The summed E-state index contributed by atoms with van der Waals surface area (Å²) < 4.78 is 0. The van der Waals surface area contributed by atoms with Crippen molar-refractivity contribution in [3.8, 4) is 11.4 Å². The first kappa shape index (κ1) is 30.8. The number of aryl methyl sites for hydroxylation is 2. The number of aromatic nitrogens is 2. The Morgan fingerprint density at radius 3 is 1.55 bits per heavy atom. The van der Waals surface area contributed by atoms with Crippen LogP contribution in [0.5, 0.6) is 0 Å². The third-order valence-electron chi connectivity index (χ3n) is 9.00. The van der Waals surface area contributed by atoms with Crippen LogP contribution in [0.15, 0.2) is 36.7 Å². The molecule has 0 atom stereocenters. The molecule has 3 rings (SSSR count). The fourth-order valence-electron chi connectivity index (χ4n) is 6.35. The lowest BCUT2D eigenvalue weighted by atomic mass is 9.78. The van der Waals surface area contributed by atoms with Crippen LogP contribution in [0.4, 0.5) is 0 Å². The van der Waals surface area contributed by atoms with Crippen molar-refractivity contribution in [2.24, 2.45) is 11.8 Å². The predicted octanol–water partition coefficient (Wildman–Crippen LogP) is 11.3. The lowest BCUT2D eigenvalue weighted by Gasteiger charge is -2.28. The van der Waals surface area contributed by atoms with Crippen molar-refractivity contribution < 1.29 is 0 Å². The van der Waals surface area contributed by atoms with Crippen LogP contribution in [-0.4, -0.2) is 9.97 Å². The number of benzene rings is 1. The molecule has 38 heavy (non-hydrogen) atoms. The van der Waals surface area contributed by atoms with Gasteiger partial charge in [-0.2, -0.15) is 0 Å². The molecule has 1 aromatic carbocycles. The maximum atomic E-state index is 4.68. The van der Waals surface area contributed by atoms with Crippen LogP contribution in [0.2, 0.25) is 0 Å². The Morgan fingerprint density at radius 1 is 0.526 bits per heavy atom. The minimum absolute atomic E-state index is 0.859. The molecule has 1 fully saturated rings. The lowest BCUT2D eigenvalue weighted by Crippen LogP contribution is -2.14. The summed E-state index contributed by atoms with van der Waals surface area (Å²) in [5.74, 6) is 2.90. The van der Waals surface area contributed by atoms with Gasteiger partial charge in [0.1, 0.15) is 0 Å². The molecule has 1 saturated carbocycles. The highest BCUT2D eigenvalue weighted by atomic mass is 14.9. The molecular formula is C36H58N2. The highest BCUT2D eigenvalue weighted by molar-refractivity contribution is 5.55.